The van der Waals surface area contributed by atoms with Crippen molar-refractivity contribution in [3.63, 3.8) is 0 Å². The molecule has 5 fully saturated rings. The van der Waals surface area contributed by atoms with Crippen LogP contribution in [0.1, 0.15) is 85.0 Å². The van der Waals surface area contributed by atoms with Crippen LogP contribution in [0, 0.1) is 29.1 Å². The van der Waals surface area contributed by atoms with E-state index in [1.807, 2.05) is 0 Å². The van der Waals surface area contributed by atoms with Crippen molar-refractivity contribution >= 4 is 11.7 Å². The molecule has 0 aromatic carbocycles. The highest BCUT2D eigenvalue weighted by atomic mass is 16.2. The number of likely N-dealkylation sites (tertiary alicyclic amines) is 1. The molecule has 186 valence electrons. The first-order valence-corrected chi connectivity index (χ1v) is 13.8. The maximum atomic E-state index is 13.5. The molecule has 2 heterocycles. The molecule has 6 nitrogen and oxygen atoms in total. The molecule has 2 N–H and O–H groups in total. The van der Waals surface area contributed by atoms with Gasteiger partial charge in [-0.05, 0) is 69.7 Å². The van der Waals surface area contributed by atoms with E-state index in [1.54, 1.807) is 0 Å². The van der Waals surface area contributed by atoms with Gasteiger partial charge in [0.05, 0.1) is 0 Å². The minimum absolute atomic E-state index is 0.0118. The van der Waals surface area contributed by atoms with Crippen molar-refractivity contribution in [1.82, 2.24) is 20.7 Å². The maximum Gasteiger partial charge on any atom is 0.232 e. The van der Waals surface area contributed by atoms with Gasteiger partial charge in [0, 0.05) is 49.1 Å². The molecule has 0 aromatic heterocycles. The Morgan fingerprint density at radius 2 is 1.76 bits per heavy atom. The highest BCUT2D eigenvalue weighted by Crippen LogP contribution is 2.44. The van der Waals surface area contributed by atoms with E-state index in [2.05, 4.69) is 48.5 Å². The Morgan fingerprint density at radius 3 is 2.52 bits per heavy atom. The van der Waals surface area contributed by atoms with E-state index >= 15 is 0 Å². The van der Waals surface area contributed by atoms with E-state index in [-0.39, 0.29) is 29.1 Å². The van der Waals surface area contributed by atoms with Crippen molar-refractivity contribution in [1.29, 1.82) is 0 Å². The van der Waals surface area contributed by atoms with Gasteiger partial charge >= 0.3 is 0 Å². The molecule has 0 spiro atoms. The lowest BCUT2D eigenvalue weighted by Gasteiger charge is -2.48. The van der Waals surface area contributed by atoms with Crippen LogP contribution >= 0.6 is 0 Å². The highest BCUT2D eigenvalue weighted by Gasteiger charge is 2.51. The minimum atomic E-state index is -0.497. The summed E-state index contributed by atoms with van der Waals surface area (Å²) in [7, 11) is 2.11. The Balaban J connectivity index is 1.28. The molecule has 1 amide bonds. The SMILES string of the molecule is CC1CCC(N2NCC3C2CC(C)(C)C[C@@H]3NC(=O)C2CN(C)C3CCCCC3C2=O)CC1. The molecule has 3 aliphatic carbocycles. The number of hydrazine groups is 1. The second-order valence-electron chi connectivity index (χ2n) is 13.0. The molecule has 5 rings (SSSR count). The number of hydrogen-bond acceptors (Lipinski definition) is 5. The molecular weight excluding hydrogens is 412 g/mol. The summed E-state index contributed by atoms with van der Waals surface area (Å²) in [4.78, 5) is 29.1. The topological polar surface area (TPSA) is 64.7 Å². The number of carbonyl (C=O) groups excluding carboxylic acids is 2. The summed E-state index contributed by atoms with van der Waals surface area (Å²) in [5.74, 6) is 1.04. The van der Waals surface area contributed by atoms with Crippen LogP contribution in [0.4, 0.5) is 0 Å². The molecule has 5 aliphatic rings. The number of piperidine rings is 1. The molecule has 6 atom stereocenters. The lowest BCUT2D eigenvalue weighted by Crippen LogP contribution is -2.60. The van der Waals surface area contributed by atoms with Crippen molar-refractivity contribution in [3.05, 3.63) is 0 Å². The lowest BCUT2D eigenvalue weighted by atomic mass is 9.67. The Hall–Kier alpha value is -0.980. The third kappa shape index (κ3) is 4.64. The first kappa shape index (κ1) is 23.7. The summed E-state index contributed by atoms with van der Waals surface area (Å²) in [6.07, 6.45) is 11.8. The molecule has 2 saturated heterocycles. The summed E-state index contributed by atoms with van der Waals surface area (Å²) in [5, 5.41) is 6.03. The van der Waals surface area contributed by atoms with Gasteiger partial charge in [0.1, 0.15) is 5.92 Å². The lowest BCUT2D eigenvalue weighted by molar-refractivity contribution is -0.144. The Labute approximate surface area is 200 Å². The summed E-state index contributed by atoms with van der Waals surface area (Å²) in [6.45, 7) is 8.62. The van der Waals surface area contributed by atoms with Crippen LogP contribution in [-0.4, -0.2) is 65.9 Å². The predicted octanol–water partition coefficient (Wildman–Crippen LogP) is 3.36. The van der Waals surface area contributed by atoms with Gasteiger partial charge in [-0.2, -0.15) is 0 Å². The van der Waals surface area contributed by atoms with Gasteiger partial charge < -0.3 is 10.2 Å². The van der Waals surface area contributed by atoms with Gasteiger partial charge in [0.25, 0.3) is 0 Å². The van der Waals surface area contributed by atoms with Crippen LogP contribution in [0.2, 0.25) is 0 Å². The monoisotopic (exact) mass is 458 g/mol. The molecule has 5 unspecified atom stereocenters. The quantitative estimate of drug-likeness (QED) is 0.635. The molecule has 33 heavy (non-hydrogen) atoms. The molecule has 6 heteroatoms. The molecule has 3 saturated carbocycles. The average molecular weight is 459 g/mol. The number of carbonyl (C=O) groups is 2. The normalized spacial score (nSPS) is 44.2. The molecular formula is C27H46N4O2. The predicted molar refractivity (Wildman–Crippen MR) is 130 cm³/mol. The maximum absolute atomic E-state index is 13.5. The van der Waals surface area contributed by atoms with E-state index in [9.17, 15) is 9.59 Å². The largest absolute Gasteiger partial charge is 0.352 e. The van der Waals surface area contributed by atoms with Crippen molar-refractivity contribution in [2.45, 2.75) is 109 Å². The van der Waals surface area contributed by atoms with Crippen LogP contribution < -0.4 is 10.7 Å². The van der Waals surface area contributed by atoms with E-state index in [0.717, 1.165) is 38.1 Å². The van der Waals surface area contributed by atoms with Crippen LogP contribution in [0.3, 0.4) is 0 Å². The molecule has 0 radical (unpaired) electrons. The third-order valence-corrected chi connectivity index (χ3v) is 9.91. The number of hydrogen-bond donors (Lipinski definition) is 2. The third-order valence-electron chi connectivity index (χ3n) is 9.91. The summed E-state index contributed by atoms with van der Waals surface area (Å²) < 4.78 is 0. The fraction of sp³-hybridized carbons (Fsp3) is 0.926. The molecule has 2 aliphatic heterocycles. The number of nitrogens with one attached hydrogen (secondary N) is 2. The van der Waals surface area contributed by atoms with Crippen LogP contribution in [0.15, 0.2) is 0 Å². The van der Waals surface area contributed by atoms with Gasteiger partial charge in [-0.25, -0.2) is 5.01 Å². The van der Waals surface area contributed by atoms with Gasteiger partial charge in [0.2, 0.25) is 5.91 Å². The van der Waals surface area contributed by atoms with E-state index in [4.69, 9.17) is 0 Å². The number of Topliss-reactive ketones (excluding diaryl/α,β-unsaturated/α-hetero) is 1. The summed E-state index contributed by atoms with van der Waals surface area (Å²) >= 11 is 0. The molecule has 0 bridgehead atoms. The zero-order valence-electron chi connectivity index (χ0n) is 21.3. The summed E-state index contributed by atoms with van der Waals surface area (Å²) in [6, 6.07) is 1.59. The second kappa shape index (κ2) is 9.23. The number of amides is 1. The number of fused-ring (bicyclic) bond motifs is 2. The minimum Gasteiger partial charge on any atom is -0.352 e. The van der Waals surface area contributed by atoms with Crippen molar-refractivity contribution in [3.8, 4) is 0 Å². The fourth-order valence-electron chi connectivity index (χ4n) is 8.04. The van der Waals surface area contributed by atoms with Crippen molar-refractivity contribution < 1.29 is 9.59 Å². The van der Waals surface area contributed by atoms with E-state index < -0.39 is 5.92 Å². The second-order valence-corrected chi connectivity index (χ2v) is 13.0. The van der Waals surface area contributed by atoms with Crippen molar-refractivity contribution in [2.75, 3.05) is 20.1 Å². The highest BCUT2D eigenvalue weighted by molar-refractivity contribution is 6.03. The van der Waals surface area contributed by atoms with Crippen molar-refractivity contribution in [2.24, 2.45) is 29.1 Å². The number of nitrogens with zero attached hydrogens (tertiary/aromatic N) is 2. The van der Waals surface area contributed by atoms with E-state index in [0.29, 0.717) is 30.6 Å². The van der Waals surface area contributed by atoms with Gasteiger partial charge in [-0.3, -0.25) is 15.0 Å². The zero-order valence-corrected chi connectivity index (χ0v) is 21.3. The fourth-order valence-corrected chi connectivity index (χ4v) is 8.04. The first-order chi connectivity index (χ1) is 15.7. The Kier molecular flexibility index (Phi) is 6.65. The van der Waals surface area contributed by atoms with Crippen LogP contribution in [0.25, 0.3) is 0 Å². The van der Waals surface area contributed by atoms with Gasteiger partial charge in [-0.15, -0.1) is 0 Å². The van der Waals surface area contributed by atoms with E-state index in [1.165, 1.54) is 38.5 Å². The smallest absolute Gasteiger partial charge is 0.232 e. The number of rotatable bonds is 3. The Bertz CT molecular complexity index is 746. The van der Waals surface area contributed by atoms with Gasteiger partial charge in [0.15, 0.2) is 5.78 Å². The zero-order chi connectivity index (χ0) is 23.3. The van der Waals surface area contributed by atoms with Crippen LogP contribution in [0.5, 0.6) is 0 Å². The van der Waals surface area contributed by atoms with Crippen LogP contribution in [-0.2, 0) is 9.59 Å². The average Bonchev–Trinajstić information content (AvgIpc) is 3.19. The number of ketones is 1. The molecule has 0 aromatic rings. The standard InChI is InChI=1S/C27H46N4O2/c1-17-9-11-18(12-10-17)31-24-14-27(2,3)13-22(20(24)15-28-31)29-26(33)21-16-30(4)23-8-6-5-7-19(23)25(21)32/h17-24,28H,5-16H2,1-4H3,(H,29,33)/t17?,18?,19?,20?,21?,22-,23?,24?/m0/s1. The van der Waals surface area contributed by atoms with Gasteiger partial charge in [-0.1, -0.05) is 33.6 Å². The Morgan fingerprint density at radius 1 is 1.03 bits per heavy atom. The first-order valence-electron chi connectivity index (χ1n) is 13.8. The summed E-state index contributed by atoms with van der Waals surface area (Å²) in [5.41, 5.74) is 3.95.